The van der Waals surface area contributed by atoms with Gasteiger partial charge in [-0.3, -0.25) is 4.79 Å². The zero-order valence-corrected chi connectivity index (χ0v) is 16.6. The normalized spacial score (nSPS) is 17.0. The van der Waals surface area contributed by atoms with Crippen LogP contribution in [0.5, 0.6) is 0 Å². The maximum Gasteiger partial charge on any atom is 0.315 e. The highest BCUT2D eigenvalue weighted by molar-refractivity contribution is 5.78. The summed E-state index contributed by atoms with van der Waals surface area (Å²) in [6.45, 7) is 1.60. The first kappa shape index (κ1) is 20.0. The van der Waals surface area contributed by atoms with Crippen molar-refractivity contribution < 1.29 is 9.59 Å². The maximum absolute atomic E-state index is 12.9. The summed E-state index contributed by atoms with van der Waals surface area (Å²) in [7, 11) is 2.03. The first-order valence-corrected chi connectivity index (χ1v) is 10.1. The number of hydrogen-bond donors (Lipinski definition) is 2. The van der Waals surface area contributed by atoms with Crippen LogP contribution in [0.2, 0.25) is 0 Å². The number of nitrogens with zero attached hydrogens (tertiary/aromatic N) is 2. The number of urea groups is 1. The van der Waals surface area contributed by atoms with Gasteiger partial charge in [0, 0.05) is 45.0 Å². The van der Waals surface area contributed by atoms with Crippen LogP contribution in [0.15, 0.2) is 48.7 Å². The molecule has 3 amide bonds. The number of aryl methyl sites for hydroxylation is 1. The van der Waals surface area contributed by atoms with Gasteiger partial charge in [0.1, 0.15) is 0 Å². The van der Waals surface area contributed by atoms with E-state index in [-0.39, 0.29) is 18.0 Å². The van der Waals surface area contributed by atoms with E-state index in [9.17, 15) is 9.59 Å². The van der Waals surface area contributed by atoms with E-state index in [1.807, 2.05) is 54.5 Å². The van der Waals surface area contributed by atoms with Crippen molar-refractivity contribution >= 4 is 11.9 Å². The second-order valence-electron chi connectivity index (χ2n) is 7.34. The second kappa shape index (κ2) is 9.97. The number of carbonyl (C=O) groups excluding carboxylic acids is 2. The number of likely N-dealkylation sites (tertiary alicyclic amines) is 1. The highest BCUT2D eigenvalue weighted by atomic mass is 16.2. The molecule has 6 heteroatoms. The van der Waals surface area contributed by atoms with Crippen molar-refractivity contribution in [2.24, 2.45) is 7.05 Å². The SMILES string of the molecule is Cn1cccc1[C@@H]1CCCCCN1C(=O)CCNC(=O)NCc1ccccc1. The topological polar surface area (TPSA) is 66.4 Å². The van der Waals surface area contributed by atoms with Gasteiger partial charge in [-0.1, -0.05) is 43.2 Å². The fraction of sp³-hybridized carbons (Fsp3) is 0.455. The molecule has 1 aliphatic heterocycles. The Balaban J connectivity index is 1.48. The predicted molar refractivity (Wildman–Crippen MR) is 110 cm³/mol. The molecule has 2 N–H and O–H groups in total. The number of amides is 3. The highest BCUT2D eigenvalue weighted by Gasteiger charge is 2.27. The van der Waals surface area contributed by atoms with E-state index < -0.39 is 0 Å². The van der Waals surface area contributed by atoms with Crippen LogP contribution >= 0.6 is 0 Å². The molecule has 0 bridgehead atoms. The molecule has 1 saturated heterocycles. The van der Waals surface area contributed by atoms with E-state index in [0.29, 0.717) is 19.5 Å². The van der Waals surface area contributed by atoms with E-state index in [1.54, 1.807) is 0 Å². The molecule has 1 atom stereocenters. The van der Waals surface area contributed by atoms with Crippen molar-refractivity contribution in [3.8, 4) is 0 Å². The number of carbonyl (C=O) groups is 2. The molecule has 3 rings (SSSR count). The molecule has 0 radical (unpaired) electrons. The van der Waals surface area contributed by atoms with Gasteiger partial charge < -0.3 is 20.1 Å². The third kappa shape index (κ3) is 5.38. The summed E-state index contributed by atoms with van der Waals surface area (Å²) in [5.74, 6) is 0.108. The summed E-state index contributed by atoms with van der Waals surface area (Å²) in [4.78, 5) is 26.9. The molecule has 0 unspecified atom stereocenters. The fourth-order valence-corrected chi connectivity index (χ4v) is 3.80. The molecule has 2 heterocycles. The number of hydrogen-bond acceptors (Lipinski definition) is 2. The summed E-state index contributed by atoms with van der Waals surface area (Å²) in [5.41, 5.74) is 2.23. The molecule has 1 aromatic heterocycles. The van der Waals surface area contributed by atoms with E-state index in [0.717, 1.165) is 37.8 Å². The Labute approximate surface area is 166 Å². The summed E-state index contributed by atoms with van der Waals surface area (Å²) >= 11 is 0. The van der Waals surface area contributed by atoms with Crippen molar-refractivity contribution in [1.82, 2.24) is 20.1 Å². The molecule has 6 nitrogen and oxygen atoms in total. The van der Waals surface area contributed by atoms with Crippen LogP contribution in [0.3, 0.4) is 0 Å². The summed E-state index contributed by atoms with van der Waals surface area (Å²) in [6, 6.07) is 13.8. The monoisotopic (exact) mass is 382 g/mol. The number of nitrogens with one attached hydrogen (secondary N) is 2. The fourth-order valence-electron chi connectivity index (χ4n) is 3.80. The minimum atomic E-state index is -0.244. The summed E-state index contributed by atoms with van der Waals surface area (Å²) in [5, 5.41) is 5.62. The van der Waals surface area contributed by atoms with Crippen molar-refractivity contribution in [2.75, 3.05) is 13.1 Å². The van der Waals surface area contributed by atoms with E-state index >= 15 is 0 Å². The van der Waals surface area contributed by atoms with Gasteiger partial charge in [0.05, 0.1) is 6.04 Å². The van der Waals surface area contributed by atoms with Crippen molar-refractivity contribution in [2.45, 2.75) is 44.7 Å². The zero-order valence-electron chi connectivity index (χ0n) is 16.6. The first-order valence-electron chi connectivity index (χ1n) is 10.1. The molecule has 0 aliphatic carbocycles. The number of benzene rings is 1. The van der Waals surface area contributed by atoms with Crippen molar-refractivity contribution in [1.29, 1.82) is 0 Å². The Hall–Kier alpha value is -2.76. The van der Waals surface area contributed by atoms with Crippen LogP contribution in [0, 0.1) is 0 Å². The van der Waals surface area contributed by atoms with Gasteiger partial charge in [0.2, 0.25) is 5.91 Å². The summed E-state index contributed by atoms with van der Waals surface area (Å²) in [6.07, 6.45) is 6.68. The third-order valence-corrected chi connectivity index (χ3v) is 5.32. The minimum absolute atomic E-state index is 0.108. The van der Waals surface area contributed by atoms with Crippen molar-refractivity contribution in [3.05, 3.63) is 59.9 Å². The van der Waals surface area contributed by atoms with Gasteiger partial charge in [-0.05, 0) is 30.5 Å². The minimum Gasteiger partial charge on any atom is -0.353 e. The standard InChI is InChI=1S/C22H30N4O2/c1-25-15-8-12-19(25)20-11-6-3-7-16-26(20)21(27)13-14-23-22(28)24-17-18-9-4-2-5-10-18/h2,4-5,8-10,12,15,20H,3,6-7,11,13-14,16-17H2,1H3,(H2,23,24,28)/t20-/m0/s1. The number of rotatable bonds is 6. The average molecular weight is 383 g/mol. The molecular formula is C22H30N4O2. The molecule has 1 fully saturated rings. The van der Waals surface area contributed by atoms with Crippen LogP contribution in [0.4, 0.5) is 4.79 Å². The van der Waals surface area contributed by atoms with Crippen LogP contribution in [-0.2, 0) is 18.4 Å². The van der Waals surface area contributed by atoms with Crippen molar-refractivity contribution in [3.63, 3.8) is 0 Å². The largest absolute Gasteiger partial charge is 0.353 e. The van der Waals surface area contributed by atoms with Gasteiger partial charge in [-0.25, -0.2) is 4.79 Å². The Kier molecular flexibility index (Phi) is 7.12. The lowest BCUT2D eigenvalue weighted by molar-refractivity contribution is -0.133. The molecular weight excluding hydrogens is 352 g/mol. The van der Waals surface area contributed by atoms with E-state index in [2.05, 4.69) is 21.3 Å². The Morgan fingerprint density at radius 1 is 1.04 bits per heavy atom. The molecule has 1 aliphatic rings. The Bertz CT molecular complexity index is 772. The van der Waals surface area contributed by atoms with Crippen LogP contribution < -0.4 is 10.6 Å². The first-order chi connectivity index (χ1) is 13.6. The van der Waals surface area contributed by atoms with Gasteiger partial charge in [-0.2, -0.15) is 0 Å². The zero-order chi connectivity index (χ0) is 19.8. The molecule has 2 aromatic rings. The Morgan fingerprint density at radius 2 is 1.86 bits per heavy atom. The highest BCUT2D eigenvalue weighted by Crippen LogP contribution is 2.30. The third-order valence-electron chi connectivity index (χ3n) is 5.32. The van der Waals surface area contributed by atoms with E-state index in [4.69, 9.17) is 0 Å². The van der Waals surface area contributed by atoms with Crippen LogP contribution in [0.1, 0.15) is 49.4 Å². The molecule has 0 spiro atoms. The molecule has 28 heavy (non-hydrogen) atoms. The lowest BCUT2D eigenvalue weighted by Crippen LogP contribution is -2.40. The quantitative estimate of drug-likeness (QED) is 0.804. The summed E-state index contributed by atoms with van der Waals surface area (Å²) < 4.78 is 2.10. The van der Waals surface area contributed by atoms with Gasteiger partial charge in [0.15, 0.2) is 0 Å². The van der Waals surface area contributed by atoms with Crippen LogP contribution in [-0.4, -0.2) is 34.5 Å². The van der Waals surface area contributed by atoms with Gasteiger partial charge in [-0.15, -0.1) is 0 Å². The predicted octanol–water partition coefficient (Wildman–Crippen LogP) is 3.36. The van der Waals surface area contributed by atoms with Gasteiger partial charge in [0.25, 0.3) is 0 Å². The lowest BCUT2D eigenvalue weighted by Gasteiger charge is -2.30. The molecule has 150 valence electrons. The van der Waals surface area contributed by atoms with Crippen LogP contribution in [0.25, 0.3) is 0 Å². The van der Waals surface area contributed by atoms with E-state index in [1.165, 1.54) is 5.69 Å². The Morgan fingerprint density at radius 3 is 2.61 bits per heavy atom. The van der Waals surface area contributed by atoms with Gasteiger partial charge >= 0.3 is 6.03 Å². The number of aromatic nitrogens is 1. The maximum atomic E-state index is 12.9. The smallest absolute Gasteiger partial charge is 0.315 e. The average Bonchev–Trinajstić information content (AvgIpc) is 2.98. The molecule has 0 saturated carbocycles. The second-order valence-corrected chi connectivity index (χ2v) is 7.34. The lowest BCUT2D eigenvalue weighted by atomic mass is 10.1. The molecule has 1 aromatic carbocycles.